The molecule has 4 rings (SSSR count). The number of fused-ring (bicyclic) bond motifs is 1. The lowest BCUT2D eigenvalue weighted by Crippen LogP contribution is -2.26. The SMILES string of the molecule is CC(CCNC(=O)c1nn(-c2ccc(F)cc2)c2c1CCC2)c1ccccc1. The molecule has 1 atom stereocenters. The van der Waals surface area contributed by atoms with Gasteiger partial charge in [-0.3, -0.25) is 4.79 Å². The molecule has 1 aromatic heterocycles. The molecule has 1 amide bonds. The van der Waals surface area contributed by atoms with E-state index in [2.05, 4.69) is 29.5 Å². The van der Waals surface area contributed by atoms with Crippen molar-refractivity contribution in [3.63, 3.8) is 0 Å². The van der Waals surface area contributed by atoms with Gasteiger partial charge in [0.25, 0.3) is 5.91 Å². The van der Waals surface area contributed by atoms with Crippen LogP contribution in [0.5, 0.6) is 0 Å². The zero-order chi connectivity index (χ0) is 19.5. The van der Waals surface area contributed by atoms with Crippen LogP contribution >= 0.6 is 0 Å². The van der Waals surface area contributed by atoms with E-state index < -0.39 is 0 Å². The molecule has 144 valence electrons. The van der Waals surface area contributed by atoms with Crippen molar-refractivity contribution >= 4 is 5.91 Å². The molecule has 0 bridgehead atoms. The van der Waals surface area contributed by atoms with Gasteiger partial charge in [-0.2, -0.15) is 5.10 Å². The molecule has 4 nitrogen and oxygen atoms in total. The summed E-state index contributed by atoms with van der Waals surface area (Å²) >= 11 is 0. The van der Waals surface area contributed by atoms with Crippen LogP contribution in [0.4, 0.5) is 4.39 Å². The van der Waals surface area contributed by atoms with Crippen molar-refractivity contribution < 1.29 is 9.18 Å². The molecular formula is C23H24FN3O. The van der Waals surface area contributed by atoms with E-state index in [-0.39, 0.29) is 11.7 Å². The molecule has 0 radical (unpaired) electrons. The van der Waals surface area contributed by atoms with Crippen LogP contribution in [-0.2, 0) is 12.8 Å². The number of hydrogen-bond donors (Lipinski definition) is 1. The number of benzene rings is 2. The molecule has 1 unspecified atom stereocenters. The number of halogens is 1. The van der Waals surface area contributed by atoms with E-state index in [4.69, 9.17) is 0 Å². The summed E-state index contributed by atoms with van der Waals surface area (Å²) in [6.07, 6.45) is 3.63. The molecule has 0 saturated heterocycles. The lowest BCUT2D eigenvalue weighted by atomic mass is 9.98. The number of aromatic nitrogens is 2. The van der Waals surface area contributed by atoms with Gasteiger partial charge in [-0.1, -0.05) is 37.3 Å². The Morgan fingerprint density at radius 2 is 1.89 bits per heavy atom. The number of amides is 1. The van der Waals surface area contributed by atoms with Crippen LogP contribution in [0.3, 0.4) is 0 Å². The molecule has 1 aliphatic rings. The lowest BCUT2D eigenvalue weighted by molar-refractivity contribution is 0.0946. The molecule has 3 aromatic rings. The number of rotatable bonds is 6. The zero-order valence-corrected chi connectivity index (χ0v) is 16.0. The van der Waals surface area contributed by atoms with Gasteiger partial charge >= 0.3 is 0 Å². The summed E-state index contributed by atoms with van der Waals surface area (Å²) in [7, 11) is 0. The predicted octanol–water partition coefficient (Wildman–Crippen LogP) is 4.42. The number of nitrogens with one attached hydrogen (secondary N) is 1. The van der Waals surface area contributed by atoms with Crippen LogP contribution < -0.4 is 5.32 Å². The molecule has 5 heteroatoms. The van der Waals surface area contributed by atoms with Crippen molar-refractivity contribution in [1.82, 2.24) is 15.1 Å². The number of carbonyl (C=O) groups excluding carboxylic acids is 1. The van der Waals surface area contributed by atoms with Gasteiger partial charge in [0.05, 0.1) is 5.69 Å². The Kier molecular flexibility index (Phi) is 5.24. The van der Waals surface area contributed by atoms with E-state index in [0.29, 0.717) is 18.2 Å². The van der Waals surface area contributed by atoms with E-state index in [1.54, 1.807) is 16.8 Å². The normalized spacial score (nSPS) is 13.9. The van der Waals surface area contributed by atoms with Crippen LogP contribution in [0.15, 0.2) is 54.6 Å². The van der Waals surface area contributed by atoms with Crippen LogP contribution in [0.25, 0.3) is 5.69 Å². The van der Waals surface area contributed by atoms with Crippen LogP contribution in [0, 0.1) is 5.82 Å². The van der Waals surface area contributed by atoms with E-state index >= 15 is 0 Å². The van der Waals surface area contributed by atoms with E-state index in [1.165, 1.54) is 17.7 Å². The molecule has 0 fully saturated rings. The van der Waals surface area contributed by atoms with Crippen molar-refractivity contribution in [1.29, 1.82) is 0 Å². The third-order valence-electron chi connectivity index (χ3n) is 5.45. The minimum absolute atomic E-state index is 0.126. The average Bonchev–Trinajstić information content (AvgIpc) is 3.32. The van der Waals surface area contributed by atoms with E-state index in [1.807, 2.05) is 18.2 Å². The number of hydrogen-bond acceptors (Lipinski definition) is 2. The Morgan fingerprint density at radius 3 is 2.64 bits per heavy atom. The average molecular weight is 377 g/mol. The second kappa shape index (κ2) is 7.97. The maximum atomic E-state index is 13.2. The van der Waals surface area contributed by atoms with Crippen molar-refractivity contribution in [2.75, 3.05) is 6.54 Å². The Morgan fingerprint density at radius 1 is 1.14 bits per heavy atom. The molecule has 0 saturated carbocycles. The highest BCUT2D eigenvalue weighted by atomic mass is 19.1. The van der Waals surface area contributed by atoms with Crippen LogP contribution in [-0.4, -0.2) is 22.2 Å². The van der Waals surface area contributed by atoms with Gasteiger partial charge < -0.3 is 5.32 Å². The first-order valence-corrected chi connectivity index (χ1v) is 9.83. The minimum Gasteiger partial charge on any atom is -0.351 e. The van der Waals surface area contributed by atoms with E-state index in [9.17, 15) is 9.18 Å². The first-order chi connectivity index (χ1) is 13.6. The van der Waals surface area contributed by atoms with Gasteiger partial charge in [0.2, 0.25) is 0 Å². The van der Waals surface area contributed by atoms with Crippen LogP contribution in [0.1, 0.15) is 53.0 Å². The summed E-state index contributed by atoms with van der Waals surface area (Å²) in [5, 5.41) is 7.60. The fraction of sp³-hybridized carbons (Fsp3) is 0.304. The molecule has 1 heterocycles. The van der Waals surface area contributed by atoms with Crippen LogP contribution in [0.2, 0.25) is 0 Å². The highest BCUT2D eigenvalue weighted by Crippen LogP contribution is 2.28. The number of carbonyl (C=O) groups is 1. The predicted molar refractivity (Wildman–Crippen MR) is 107 cm³/mol. The Labute approximate surface area is 164 Å². The third-order valence-corrected chi connectivity index (χ3v) is 5.45. The maximum absolute atomic E-state index is 13.2. The minimum atomic E-state index is -0.280. The monoisotopic (exact) mass is 377 g/mol. The molecule has 2 aromatic carbocycles. The number of nitrogens with zero attached hydrogens (tertiary/aromatic N) is 2. The summed E-state index contributed by atoms with van der Waals surface area (Å²) in [6, 6.07) is 16.6. The van der Waals surface area contributed by atoms with Crippen molar-refractivity contribution in [2.24, 2.45) is 0 Å². The lowest BCUT2D eigenvalue weighted by Gasteiger charge is -2.12. The summed E-state index contributed by atoms with van der Waals surface area (Å²) in [6.45, 7) is 2.77. The van der Waals surface area contributed by atoms with Gasteiger partial charge in [-0.15, -0.1) is 0 Å². The summed E-state index contributed by atoms with van der Waals surface area (Å²) < 4.78 is 15.0. The Hall–Kier alpha value is -2.95. The summed E-state index contributed by atoms with van der Waals surface area (Å²) in [5.41, 5.74) is 4.66. The standard InChI is InChI=1S/C23H24FN3O/c1-16(17-6-3-2-4-7-17)14-15-25-23(28)22-20-8-5-9-21(20)27(26-22)19-12-10-18(24)11-13-19/h2-4,6-7,10-13,16H,5,8-9,14-15H2,1H3,(H,25,28). The molecular weight excluding hydrogens is 353 g/mol. The second-order valence-corrected chi connectivity index (χ2v) is 7.37. The Bertz CT molecular complexity index is 964. The highest BCUT2D eigenvalue weighted by molar-refractivity contribution is 5.94. The topological polar surface area (TPSA) is 46.9 Å². The summed E-state index contributed by atoms with van der Waals surface area (Å²) in [5.74, 6) is -0.0266. The van der Waals surface area contributed by atoms with Crippen molar-refractivity contribution in [3.05, 3.63) is 82.9 Å². The van der Waals surface area contributed by atoms with Gasteiger partial charge in [-0.25, -0.2) is 9.07 Å². The zero-order valence-electron chi connectivity index (χ0n) is 16.0. The quantitative estimate of drug-likeness (QED) is 0.691. The Balaban J connectivity index is 1.46. The largest absolute Gasteiger partial charge is 0.351 e. The fourth-order valence-corrected chi connectivity index (χ4v) is 3.85. The highest BCUT2D eigenvalue weighted by Gasteiger charge is 2.26. The van der Waals surface area contributed by atoms with Gasteiger partial charge in [-0.05, 0) is 61.4 Å². The van der Waals surface area contributed by atoms with Gasteiger partial charge in [0.15, 0.2) is 5.69 Å². The maximum Gasteiger partial charge on any atom is 0.272 e. The molecule has 0 aliphatic heterocycles. The van der Waals surface area contributed by atoms with Gasteiger partial charge in [0, 0.05) is 17.8 Å². The van der Waals surface area contributed by atoms with E-state index in [0.717, 1.165) is 42.6 Å². The first kappa shape index (κ1) is 18.4. The molecule has 0 spiro atoms. The molecule has 28 heavy (non-hydrogen) atoms. The molecule has 1 N–H and O–H groups in total. The summed E-state index contributed by atoms with van der Waals surface area (Å²) in [4.78, 5) is 12.8. The second-order valence-electron chi connectivity index (χ2n) is 7.37. The smallest absolute Gasteiger partial charge is 0.272 e. The molecule has 1 aliphatic carbocycles. The van der Waals surface area contributed by atoms with Gasteiger partial charge in [0.1, 0.15) is 5.82 Å². The van der Waals surface area contributed by atoms with Crippen molar-refractivity contribution in [3.8, 4) is 5.69 Å². The third kappa shape index (κ3) is 3.70. The van der Waals surface area contributed by atoms with Crippen molar-refractivity contribution in [2.45, 2.75) is 38.5 Å². The fourth-order valence-electron chi connectivity index (χ4n) is 3.85. The first-order valence-electron chi connectivity index (χ1n) is 9.83.